The maximum Gasteiger partial charge on any atom is 0.195 e. The second kappa shape index (κ2) is 5.87. The van der Waals surface area contributed by atoms with E-state index in [4.69, 9.17) is 4.98 Å². The molecular weight excluding hydrogens is 280 g/mol. The summed E-state index contributed by atoms with van der Waals surface area (Å²) in [5, 5.41) is 5.31. The minimum absolute atomic E-state index is 0.811. The summed E-state index contributed by atoms with van der Waals surface area (Å²) in [6.07, 6.45) is 2.09. The van der Waals surface area contributed by atoms with Crippen molar-refractivity contribution in [2.45, 2.75) is 20.0 Å². The number of anilines is 1. The Morgan fingerprint density at radius 2 is 2.05 bits per heavy atom. The van der Waals surface area contributed by atoms with Crippen LogP contribution >= 0.6 is 11.3 Å². The van der Waals surface area contributed by atoms with Gasteiger partial charge >= 0.3 is 0 Å². The first-order chi connectivity index (χ1) is 10.2. The van der Waals surface area contributed by atoms with Crippen molar-refractivity contribution in [3.05, 3.63) is 52.7 Å². The maximum atomic E-state index is 4.77. The number of benzene rings is 1. The minimum Gasteiger partial charge on any atom is -0.354 e. The van der Waals surface area contributed by atoms with Crippen molar-refractivity contribution in [3.63, 3.8) is 0 Å². The summed E-state index contributed by atoms with van der Waals surface area (Å²) in [6.45, 7) is 3.79. The largest absolute Gasteiger partial charge is 0.354 e. The molecule has 21 heavy (non-hydrogen) atoms. The van der Waals surface area contributed by atoms with Crippen molar-refractivity contribution in [1.29, 1.82) is 0 Å². The summed E-state index contributed by atoms with van der Waals surface area (Å²) in [7, 11) is 4.07. The Labute approximate surface area is 129 Å². The number of thiazole rings is 1. The fraction of sp³-hybridized carbons (Fsp3) is 0.312. The molecule has 4 nitrogen and oxygen atoms in total. The first-order valence-electron chi connectivity index (χ1n) is 7.04. The molecule has 0 aliphatic heterocycles. The molecule has 0 saturated carbocycles. The van der Waals surface area contributed by atoms with E-state index in [1.54, 1.807) is 11.3 Å². The number of hydrogen-bond acceptors (Lipinski definition) is 4. The summed E-state index contributed by atoms with van der Waals surface area (Å²) in [5.41, 5.74) is 3.80. The van der Waals surface area contributed by atoms with Gasteiger partial charge in [-0.15, -0.1) is 11.3 Å². The Morgan fingerprint density at radius 3 is 2.76 bits per heavy atom. The molecule has 0 bridgehead atoms. The van der Waals surface area contributed by atoms with Crippen LogP contribution in [0.3, 0.4) is 0 Å². The predicted octanol–water partition coefficient (Wildman–Crippen LogP) is 3.06. The van der Waals surface area contributed by atoms with E-state index in [0.29, 0.717) is 0 Å². The Balaban J connectivity index is 1.89. The molecule has 0 unspecified atom stereocenters. The van der Waals surface area contributed by atoms with Crippen LogP contribution in [0.2, 0.25) is 0 Å². The number of aryl methyl sites for hydroxylation is 1. The van der Waals surface area contributed by atoms with Crippen LogP contribution in [0.4, 0.5) is 5.82 Å². The highest BCUT2D eigenvalue weighted by molar-refractivity contribution is 7.15. The first-order valence-corrected chi connectivity index (χ1v) is 7.92. The lowest BCUT2D eigenvalue weighted by atomic mass is 10.1. The van der Waals surface area contributed by atoms with Gasteiger partial charge in [-0.1, -0.05) is 29.8 Å². The monoisotopic (exact) mass is 300 g/mol. The van der Waals surface area contributed by atoms with Crippen molar-refractivity contribution >= 4 is 22.1 Å². The van der Waals surface area contributed by atoms with Crippen molar-refractivity contribution in [1.82, 2.24) is 14.7 Å². The van der Waals surface area contributed by atoms with Crippen LogP contribution in [-0.4, -0.2) is 23.5 Å². The van der Waals surface area contributed by atoms with Gasteiger partial charge in [-0.05, 0) is 19.5 Å². The van der Waals surface area contributed by atoms with Gasteiger partial charge in [0.1, 0.15) is 0 Å². The molecule has 0 atom stereocenters. The lowest BCUT2D eigenvalue weighted by molar-refractivity contribution is 0.772. The molecule has 2 heterocycles. The summed E-state index contributed by atoms with van der Waals surface area (Å²) < 4.78 is 2.17. The average molecular weight is 300 g/mol. The SMILES string of the molecule is CNCc1c(N(C)Cc2ccc(C)cc2)nc2sccn12. The molecule has 3 aromatic rings. The molecule has 0 radical (unpaired) electrons. The van der Waals surface area contributed by atoms with Crippen LogP contribution in [0, 0.1) is 6.92 Å². The third-order valence-corrected chi connectivity index (χ3v) is 4.34. The number of nitrogens with zero attached hydrogens (tertiary/aromatic N) is 3. The standard InChI is InChI=1S/C16H20N4S/c1-12-4-6-13(7-5-12)11-19(3)15-14(10-17-2)20-8-9-21-16(20)18-15/h4-9,17H,10-11H2,1-3H3. The number of imidazole rings is 1. The number of rotatable bonds is 5. The predicted molar refractivity (Wildman–Crippen MR) is 89.1 cm³/mol. The lowest BCUT2D eigenvalue weighted by Crippen LogP contribution is -2.20. The van der Waals surface area contributed by atoms with Crippen LogP contribution in [0.5, 0.6) is 0 Å². The topological polar surface area (TPSA) is 32.6 Å². The quantitative estimate of drug-likeness (QED) is 0.786. The highest BCUT2D eigenvalue weighted by Crippen LogP contribution is 2.25. The van der Waals surface area contributed by atoms with E-state index in [1.807, 2.05) is 7.05 Å². The average Bonchev–Trinajstić information content (AvgIpc) is 3.04. The molecule has 0 saturated heterocycles. The molecule has 0 amide bonds. The summed E-state index contributed by atoms with van der Waals surface area (Å²) in [6, 6.07) is 8.68. The van der Waals surface area contributed by atoms with Gasteiger partial charge in [0.2, 0.25) is 0 Å². The normalized spacial score (nSPS) is 11.2. The van der Waals surface area contributed by atoms with E-state index >= 15 is 0 Å². The molecule has 2 aromatic heterocycles. The zero-order chi connectivity index (χ0) is 14.8. The molecule has 5 heteroatoms. The van der Waals surface area contributed by atoms with Crippen LogP contribution < -0.4 is 10.2 Å². The Morgan fingerprint density at radius 1 is 1.29 bits per heavy atom. The van der Waals surface area contributed by atoms with Gasteiger partial charge in [-0.3, -0.25) is 4.40 Å². The van der Waals surface area contributed by atoms with Gasteiger partial charge in [0.15, 0.2) is 10.8 Å². The van der Waals surface area contributed by atoms with E-state index in [-0.39, 0.29) is 0 Å². The van der Waals surface area contributed by atoms with E-state index in [9.17, 15) is 0 Å². The lowest BCUT2D eigenvalue weighted by Gasteiger charge is -2.18. The van der Waals surface area contributed by atoms with Crippen LogP contribution in [0.15, 0.2) is 35.8 Å². The van der Waals surface area contributed by atoms with Gasteiger partial charge in [0, 0.05) is 31.7 Å². The molecular formula is C16H20N4S. The Hall–Kier alpha value is -1.85. The third-order valence-electron chi connectivity index (χ3n) is 3.59. The van der Waals surface area contributed by atoms with Crippen molar-refractivity contribution < 1.29 is 0 Å². The zero-order valence-electron chi connectivity index (χ0n) is 12.6. The fourth-order valence-corrected chi connectivity index (χ4v) is 3.23. The molecule has 3 rings (SSSR count). The molecule has 0 aliphatic carbocycles. The second-order valence-electron chi connectivity index (χ2n) is 5.31. The number of hydrogen-bond donors (Lipinski definition) is 1. The molecule has 1 aromatic carbocycles. The minimum atomic E-state index is 0.811. The van der Waals surface area contributed by atoms with Crippen molar-refractivity contribution in [2.75, 3.05) is 19.0 Å². The fourth-order valence-electron chi connectivity index (χ4n) is 2.50. The zero-order valence-corrected chi connectivity index (χ0v) is 13.4. The highest BCUT2D eigenvalue weighted by atomic mass is 32.1. The molecule has 0 spiro atoms. The Bertz CT molecular complexity index is 726. The van der Waals surface area contributed by atoms with Crippen molar-refractivity contribution in [3.8, 4) is 0 Å². The van der Waals surface area contributed by atoms with Crippen LogP contribution in [-0.2, 0) is 13.1 Å². The second-order valence-corrected chi connectivity index (χ2v) is 6.18. The van der Waals surface area contributed by atoms with E-state index < -0.39 is 0 Å². The summed E-state index contributed by atoms with van der Waals surface area (Å²) in [4.78, 5) is 8.04. The summed E-state index contributed by atoms with van der Waals surface area (Å²) >= 11 is 1.67. The summed E-state index contributed by atoms with van der Waals surface area (Å²) in [5.74, 6) is 1.05. The Kier molecular flexibility index (Phi) is 3.94. The molecule has 0 fully saturated rings. The van der Waals surface area contributed by atoms with E-state index in [0.717, 1.165) is 23.9 Å². The van der Waals surface area contributed by atoms with Crippen LogP contribution in [0.1, 0.15) is 16.8 Å². The number of aromatic nitrogens is 2. The van der Waals surface area contributed by atoms with Gasteiger partial charge in [-0.2, -0.15) is 0 Å². The number of nitrogens with one attached hydrogen (secondary N) is 1. The van der Waals surface area contributed by atoms with Gasteiger partial charge in [-0.25, -0.2) is 4.98 Å². The van der Waals surface area contributed by atoms with Crippen molar-refractivity contribution in [2.24, 2.45) is 0 Å². The number of fused-ring (bicyclic) bond motifs is 1. The van der Waals surface area contributed by atoms with Gasteiger partial charge < -0.3 is 10.2 Å². The smallest absolute Gasteiger partial charge is 0.195 e. The van der Waals surface area contributed by atoms with E-state index in [1.165, 1.54) is 16.8 Å². The molecule has 1 N–H and O–H groups in total. The third kappa shape index (κ3) is 2.80. The van der Waals surface area contributed by atoms with Gasteiger partial charge in [0.05, 0.1) is 5.69 Å². The van der Waals surface area contributed by atoms with Gasteiger partial charge in [0.25, 0.3) is 0 Å². The highest BCUT2D eigenvalue weighted by Gasteiger charge is 2.16. The van der Waals surface area contributed by atoms with E-state index in [2.05, 4.69) is 64.4 Å². The first kappa shape index (κ1) is 14.1. The maximum absolute atomic E-state index is 4.77. The van der Waals surface area contributed by atoms with Crippen LogP contribution in [0.25, 0.3) is 4.96 Å². The molecule has 0 aliphatic rings. The molecule has 110 valence electrons.